The van der Waals surface area contributed by atoms with Gasteiger partial charge in [0.2, 0.25) is 5.88 Å². The van der Waals surface area contributed by atoms with Crippen LogP contribution in [0.5, 0.6) is 5.88 Å². The quantitative estimate of drug-likeness (QED) is 0.608. The fraction of sp³-hybridized carbons (Fsp3) is 0.294. The Hall–Kier alpha value is -2.30. The average molecular weight is 304 g/mol. The van der Waals surface area contributed by atoms with Crippen molar-refractivity contribution >= 4 is 0 Å². The first-order valence-electron chi connectivity index (χ1n) is 7.24. The van der Waals surface area contributed by atoms with E-state index in [2.05, 4.69) is 16.8 Å². The molecule has 1 aromatic heterocycles. The van der Waals surface area contributed by atoms with Crippen molar-refractivity contribution < 1.29 is 13.9 Å². The number of halogens is 2. The molecule has 5 heteroatoms. The van der Waals surface area contributed by atoms with Crippen molar-refractivity contribution in [3.63, 3.8) is 0 Å². The van der Waals surface area contributed by atoms with Crippen molar-refractivity contribution in [2.75, 3.05) is 0 Å². The highest BCUT2D eigenvalue weighted by molar-refractivity contribution is 5.60. The second-order valence-corrected chi connectivity index (χ2v) is 5.06. The Morgan fingerprint density at radius 2 is 1.82 bits per heavy atom. The van der Waals surface area contributed by atoms with Gasteiger partial charge in [-0.25, -0.2) is 8.78 Å². The largest absolute Gasteiger partial charge is 0.492 e. The Labute approximate surface area is 128 Å². The number of aryl methyl sites for hydroxylation is 1. The van der Waals surface area contributed by atoms with Gasteiger partial charge in [0, 0.05) is 11.6 Å². The smallest absolute Gasteiger partial charge is 0.230 e. The Kier molecular flexibility index (Phi) is 5.58. The molecule has 0 aliphatic rings. The van der Waals surface area contributed by atoms with Gasteiger partial charge in [-0.15, -0.1) is 16.8 Å². The van der Waals surface area contributed by atoms with E-state index < -0.39 is 11.6 Å². The maximum Gasteiger partial charge on any atom is 0.230 e. The summed E-state index contributed by atoms with van der Waals surface area (Å²) in [6, 6.07) is 5.76. The van der Waals surface area contributed by atoms with E-state index in [0.717, 1.165) is 25.7 Å². The molecule has 0 fully saturated rings. The third kappa shape index (κ3) is 3.87. The predicted molar refractivity (Wildman–Crippen MR) is 81.4 cm³/mol. The lowest BCUT2D eigenvalue weighted by atomic mass is 10.0. The van der Waals surface area contributed by atoms with Gasteiger partial charge in [-0.05, 0) is 43.4 Å². The third-order valence-electron chi connectivity index (χ3n) is 3.44. The van der Waals surface area contributed by atoms with Crippen molar-refractivity contribution in [2.45, 2.75) is 32.1 Å². The first-order valence-corrected chi connectivity index (χ1v) is 7.24. The highest BCUT2D eigenvalue weighted by Gasteiger charge is 2.15. The summed E-state index contributed by atoms with van der Waals surface area (Å²) in [5.41, 5.74) is 0.596. The lowest BCUT2D eigenvalue weighted by Gasteiger charge is -2.08. The monoisotopic (exact) mass is 304 g/mol. The zero-order valence-corrected chi connectivity index (χ0v) is 12.2. The van der Waals surface area contributed by atoms with Crippen LogP contribution in [0.15, 0.2) is 36.9 Å². The summed E-state index contributed by atoms with van der Waals surface area (Å²) in [4.78, 5) is 0. The molecule has 0 bridgehead atoms. The van der Waals surface area contributed by atoms with Gasteiger partial charge in [0.05, 0.1) is 5.69 Å². The van der Waals surface area contributed by atoms with Crippen LogP contribution >= 0.6 is 0 Å². The van der Waals surface area contributed by atoms with E-state index in [1.807, 2.05) is 6.08 Å². The zero-order valence-electron chi connectivity index (χ0n) is 12.2. The minimum atomic E-state index is -0.927. The standard InChI is InChI=1S/C17H18F2N2O/c1-2-3-4-5-6-7-12-8-9-13(17(19)16(12)18)14-10-11-15(22)21-20-14/h2,8-11H,1,3-7H2,(H,21,22). The summed E-state index contributed by atoms with van der Waals surface area (Å²) in [6.07, 6.45) is 6.07. The molecule has 0 aliphatic heterocycles. The molecule has 3 nitrogen and oxygen atoms in total. The molecular formula is C17H18F2N2O. The highest BCUT2D eigenvalue weighted by atomic mass is 19.2. The van der Waals surface area contributed by atoms with Gasteiger partial charge >= 0.3 is 0 Å². The van der Waals surface area contributed by atoms with Crippen LogP contribution in [0, 0.1) is 11.6 Å². The van der Waals surface area contributed by atoms with Crippen molar-refractivity contribution in [3.8, 4) is 17.1 Å². The molecule has 22 heavy (non-hydrogen) atoms. The van der Waals surface area contributed by atoms with Crippen LogP contribution in [0.2, 0.25) is 0 Å². The summed E-state index contributed by atoms with van der Waals surface area (Å²) in [7, 11) is 0. The average Bonchev–Trinajstić information content (AvgIpc) is 2.52. The Balaban J connectivity index is 2.11. The number of rotatable bonds is 7. The number of nitrogens with zero attached hydrogens (tertiary/aromatic N) is 2. The molecule has 2 aromatic rings. The summed E-state index contributed by atoms with van der Waals surface area (Å²) >= 11 is 0. The van der Waals surface area contributed by atoms with Crippen molar-refractivity contribution in [2.24, 2.45) is 0 Å². The van der Waals surface area contributed by atoms with Crippen molar-refractivity contribution in [1.82, 2.24) is 10.2 Å². The minimum absolute atomic E-state index is 0.0420. The molecular weight excluding hydrogens is 286 g/mol. The SMILES string of the molecule is C=CCCCCCc1ccc(-c2ccc(O)nn2)c(F)c1F. The molecule has 1 aromatic carbocycles. The Morgan fingerprint density at radius 1 is 1.00 bits per heavy atom. The molecule has 116 valence electrons. The van der Waals surface area contributed by atoms with Crippen LogP contribution < -0.4 is 0 Å². The first-order chi connectivity index (χ1) is 10.6. The molecule has 0 unspecified atom stereocenters. The Morgan fingerprint density at radius 3 is 2.50 bits per heavy atom. The molecule has 0 amide bonds. The van der Waals surface area contributed by atoms with Gasteiger partial charge in [-0.2, -0.15) is 0 Å². The molecule has 0 saturated carbocycles. The van der Waals surface area contributed by atoms with Crippen molar-refractivity contribution in [1.29, 1.82) is 0 Å². The number of aromatic nitrogens is 2. The number of hydrogen-bond donors (Lipinski definition) is 1. The lowest BCUT2D eigenvalue weighted by molar-refractivity contribution is 0.445. The van der Waals surface area contributed by atoms with Gasteiger partial charge in [-0.1, -0.05) is 18.6 Å². The third-order valence-corrected chi connectivity index (χ3v) is 3.44. The van der Waals surface area contributed by atoms with Gasteiger partial charge in [-0.3, -0.25) is 0 Å². The highest BCUT2D eigenvalue weighted by Crippen LogP contribution is 2.26. The summed E-state index contributed by atoms with van der Waals surface area (Å²) in [6.45, 7) is 3.65. The maximum absolute atomic E-state index is 14.2. The zero-order chi connectivity index (χ0) is 15.9. The Bertz CT molecular complexity index is 642. The van der Waals surface area contributed by atoms with Gasteiger partial charge in [0.25, 0.3) is 0 Å². The predicted octanol–water partition coefficient (Wildman–Crippen LogP) is 4.42. The van der Waals surface area contributed by atoms with Crippen LogP contribution in [-0.4, -0.2) is 15.3 Å². The van der Waals surface area contributed by atoms with E-state index in [1.54, 1.807) is 6.07 Å². The molecule has 1 heterocycles. The van der Waals surface area contributed by atoms with Gasteiger partial charge in [0.1, 0.15) is 0 Å². The number of benzene rings is 1. The number of hydrogen-bond acceptors (Lipinski definition) is 3. The van der Waals surface area contributed by atoms with E-state index in [9.17, 15) is 8.78 Å². The molecule has 0 atom stereocenters. The fourth-order valence-electron chi connectivity index (χ4n) is 2.23. The van der Waals surface area contributed by atoms with Crippen LogP contribution in [0.25, 0.3) is 11.3 Å². The van der Waals surface area contributed by atoms with Crippen LogP contribution in [-0.2, 0) is 6.42 Å². The molecule has 1 N–H and O–H groups in total. The molecule has 2 rings (SSSR count). The second-order valence-electron chi connectivity index (χ2n) is 5.06. The number of aromatic hydroxyl groups is 1. The van der Waals surface area contributed by atoms with E-state index >= 15 is 0 Å². The summed E-state index contributed by atoms with van der Waals surface area (Å²) < 4.78 is 28.3. The fourth-order valence-corrected chi connectivity index (χ4v) is 2.23. The minimum Gasteiger partial charge on any atom is -0.492 e. The van der Waals surface area contributed by atoms with Crippen molar-refractivity contribution in [3.05, 3.63) is 54.1 Å². The normalized spacial score (nSPS) is 10.6. The van der Waals surface area contributed by atoms with Crippen LogP contribution in [0.4, 0.5) is 8.78 Å². The molecule has 0 spiro atoms. The number of unbranched alkanes of at least 4 members (excludes halogenated alkanes) is 3. The topological polar surface area (TPSA) is 46.0 Å². The summed E-state index contributed by atoms with van der Waals surface area (Å²) in [5.74, 6) is -2.03. The molecule has 0 radical (unpaired) electrons. The van der Waals surface area contributed by atoms with E-state index in [0.29, 0.717) is 12.0 Å². The van der Waals surface area contributed by atoms with Crippen LogP contribution in [0.1, 0.15) is 31.2 Å². The first kappa shape index (κ1) is 16.1. The van der Waals surface area contributed by atoms with Crippen LogP contribution in [0.3, 0.4) is 0 Å². The van der Waals surface area contributed by atoms with Gasteiger partial charge < -0.3 is 5.11 Å². The second kappa shape index (κ2) is 7.64. The van der Waals surface area contributed by atoms with E-state index in [4.69, 9.17) is 5.11 Å². The van der Waals surface area contributed by atoms with Gasteiger partial charge in [0.15, 0.2) is 11.6 Å². The number of allylic oxidation sites excluding steroid dienone is 1. The lowest BCUT2D eigenvalue weighted by Crippen LogP contribution is -1.99. The van der Waals surface area contributed by atoms with E-state index in [-0.39, 0.29) is 17.1 Å². The molecule has 0 aliphatic carbocycles. The van der Waals surface area contributed by atoms with E-state index in [1.165, 1.54) is 18.2 Å². The molecule has 0 saturated heterocycles. The maximum atomic E-state index is 14.2. The summed E-state index contributed by atoms with van der Waals surface area (Å²) in [5, 5.41) is 16.2.